The van der Waals surface area contributed by atoms with E-state index in [9.17, 15) is 0 Å². The van der Waals surface area contributed by atoms with Gasteiger partial charge in [-0.05, 0) is 39.5 Å². The van der Waals surface area contributed by atoms with Crippen LogP contribution in [-0.4, -0.2) is 0 Å². The smallest absolute Gasteiger partial charge is 0.00262 e. The van der Waals surface area contributed by atoms with Crippen LogP contribution >= 0.6 is 0 Å². The maximum atomic E-state index is 2.34. The second-order valence-electron chi connectivity index (χ2n) is 3.53. The first-order valence-corrected chi connectivity index (χ1v) is 4.94. The molecule has 0 aromatic carbocycles. The molecule has 0 heterocycles. The van der Waals surface area contributed by atoms with E-state index >= 15 is 0 Å². The highest BCUT2D eigenvalue weighted by Gasteiger charge is 2.04. The quantitative estimate of drug-likeness (QED) is 0.545. The SMILES string of the molecule is CCC=CC(CC)C(C)=C(C)C. The zero-order valence-corrected chi connectivity index (χ0v) is 9.15. The standard InChI is InChI=1S/C12H22/c1-6-8-9-12(7-2)11(5)10(3)4/h8-9,12H,6-7H2,1-5H3. The van der Waals surface area contributed by atoms with E-state index < -0.39 is 0 Å². The zero-order valence-electron chi connectivity index (χ0n) is 9.15. The summed E-state index contributed by atoms with van der Waals surface area (Å²) in [6.45, 7) is 11.1. The van der Waals surface area contributed by atoms with Gasteiger partial charge in [-0.15, -0.1) is 0 Å². The van der Waals surface area contributed by atoms with Crippen LogP contribution in [0.1, 0.15) is 47.5 Å². The largest absolute Gasteiger partial charge is 0.0882 e. The average Bonchev–Trinajstić information content (AvgIpc) is 2.05. The molecule has 0 aromatic rings. The Bertz CT molecular complexity index is 168. The second-order valence-corrected chi connectivity index (χ2v) is 3.53. The van der Waals surface area contributed by atoms with Gasteiger partial charge in [-0.3, -0.25) is 0 Å². The van der Waals surface area contributed by atoms with Gasteiger partial charge in [0, 0.05) is 0 Å². The molecule has 1 atom stereocenters. The van der Waals surface area contributed by atoms with E-state index in [0.717, 1.165) is 6.42 Å². The maximum absolute atomic E-state index is 2.34. The molecular formula is C12H22. The van der Waals surface area contributed by atoms with Crippen LogP contribution < -0.4 is 0 Å². The summed E-state index contributed by atoms with van der Waals surface area (Å²) >= 11 is 0. The molecule has 70 valence electrons. The van der Waals surface area contributed by atoms with Gasteiger partial charge in [0.05, 0.1) is 0 Å². The van der Waals surface area contributed by atoms with Crippen molar-refractivity contribution in [2.24, 2.45) is 5.92 Å². The van der Waals surface area contributed by atoms with Gasteiger partial charge in [0.2, 0.25) is 0 Å². The third-order valence-corrected chi connectivity index (χ3v) is 2.39. The van der Waals surface area contributed by atoms with Gasteiger partial charge < -0.3 is 0 Å². The summed E-state index contributed by atoms with van der Waals surface area (Å²) in [6.07, 6.45) is 6.96. The summed E-state index contributed by atoms with van der Waals surface area (Å²) in [5.74, 6) is 0.662. The van der Waals surface area contributed by atoms with Crippen LogP contribution in [0.4, 0.5) is 0 Å². The molecule has 0 amide bonds. The fourth-order valence-electron chi connectivity index (χ4n) is 1.26. The minimum Gasteiger partial charge on any atom is -0.0882 e. The topological polar surface area (TPSA) is 0 Å². The lowest BCUT2D eigenvalue weighted by atomic mass is 9.94. The number of rotatable bonds is 4. The minimum absolute atomic E-state index is 0.662. The Balaban J connectivity index is 4.35. The predicted molar refractivity (Wildman–Crippen MR) is 57.3 cm³/mol. The molecule has 0 aliphatic carbocycles. The first-order valence-electron chi connectivity index (χ1n) is 4.94. The molecule has 12 heavy (non-hydrogen) atoms. The summed E-state index contributed by atoms with van der Waals surface area (Å²) in [6, 6.07) is 0. The van der Waals surface area contributed by atoms with E-state index in [1.54, 1.807) is 0 Å². The van der Waals surface area contributed by atoms with Crippen molar-refractivity contribution in [1.29, 1.82) is 0 Å². The Labute approximate surface area is 77.4 Å². The van der Waals surface area contributed by atoms with Crippen LogP contribution in [0.15, 0.2) is 23.3 Å². The average molecular weight is 166 g/mol. The van der Waals surface area contributed by atoms with E-state index in [0.29, 0.717) is 5.92 Å². The predicted octanol–water partition coefficient (Wildman–Crippen LogP) is 4.34. The lowest BCUT2D eigenvalue weighted by molar-refractivity contribution is 0.714. The lowest BCUT2D eigenvalue weighted by Crippen LogP contribution is -1.97. The molecule has 0 aliphatic heterocycles. The number of hydrogen-bond donors (Lipinski definition) is 0. The van der Waals surface area contributed by atoms with Crippen molar-refractivity contribution in [2.45, 2.75) is 47.5 Å². The van der Waals surface area contributed by atoms with Crippen LogP contribution in [0.25, 0.3) is 0 Å². The maximum Gasteiger partial charge on any atom is -0.00262 e. The fourth-order valence-corrected chi connectivity index (χ4v) is 1.26. The van der Waals surface area contributed by atoms with Crippen molar-refractivity contribution in [3.05, 3.63) is 23.3 Å². The molecule has 0 bridgehead atoms. The highest BCUT2D eigenvalue weighted by molar-refractivity contribution is 5.15. The third kappa shape index (κ3) is 3.75. The molecule has 0 saturated carbocycles. The molecule has 0 aromatic heterocycles. The van der Waals surface area contributed by atoms with Gasteiger partial charge in [0.15, 0.2) is 0 Å². The van der Waals surface area contributed by atoms with Gasteiger partial charge in [0.25, 0.3) is 0 Å². The number of hydrogen-bond acceptors (Lipinski definition) is 0. The van der Waals surface area contributed by atoms with E-state index in [2.05, 4.69) is 46.8 Å². The lowest BCUT2D eigenvalue weighted by Gasteiger charge is -2.12. The molecule has 0 fully saturated rings. The molecule has 0 radical (unpaired) electrons. The molecule has 0 spiro atoms. The van der Waals surface area contributed by atoms with Gasteiger partial charge >= 0.3 is 0 Å². The van der Waals surface area contributed by atoms with Crippen molar-refractivity contribution in [3.63, 3.8) is 0 Å². The molecule has 1 unspecified atom stereocenters. The normalized spacial score (nSPS) is 13.4. The van der Waals surface area contributed by atoms with Crippen LogP contribution in [0, 0.1) is 5.92 Å². The molecular weight excluding hydrogens is 144 g/mol. The summed E-state index contributed by atoms with van der Waals surface area (Å²) in [5.41, 5.74) is 2.99. The van der Waals surface area contributed by atoms with Gasteiger partial charge in [-0.25, -0.2) is 0 Å². The van der Waals surface area contributed by atoms with Crippen molar-refractivity contribution in [3.8, 4) is 0 Å². The van der Waals surface area contributed by atoms with Crippen LogP contribution in [-0.2, 0) is 0 Å². The van der Waals surface area contributed by atoms with E-state index in [1.807, 2.05) is 0 Å². The Morgan fingerprint density at radius 2 is 1.75 bits per heavy atom. The van der Waals surface area contributed by atoms with E-state index in [-0.39, 0.29) is 0 Å². The Kier molecular flexibility index (Phi) is 5.79. The summed E-state index contributed by atoms with van der Waals surface area (Å²) in [4.78, 5) is 0. The first-order chi connectivity index (χ1) is 5.63. The molecule has 0 nitrogen and oxygen atoms in total. The van der Waals surface area contributed by atoms with Crippen molar-refractivity contribution < 1.29 is 0 Å². The van der Waals surface area contributed by atoms with Crippen LogP contribution in [0.5, 0.6) is 0 Å². The second kappa shape index (κ2) is 6.05. The molecule has 0 saturated heterocycles. The molecule has 0 N–H and O–H groups in total. The summed E-state index contributed by atoms with van der Waals surface area (Å²) in [7, 11) is 0. The van der Waals surface area contributed by atoms with Gasteiger partial charge in [0.1, 0.15) is 0 Å². The third-order valence-electron chi connectivity index (χ3n) is 2.39. The van der Waals surface area contributed by atoms with Crippen molar-refractivity contribution >= 4 is 0 Å². The Morgan fingerprint density at radius 1 is 1.17 bits per heavy atom. The first kappa shape index (κ1) is 11.5. The van der Waals surface area contributed by atoms with Crippen LogP contribution in [0.2, 0.25) is 0 Å². The monoisotopic (exact) mass is 166 g/mol. The van der Waals surface area contributed by atoms with Gasteiger partial charge in [-0.1, -0.05) is 37.1 Å². The zero-order chi connectivity index (χ0) is 9.56. The Morgan fingerprint density at radius 3 is 2.08 bits per heavy atom. The number of allylic oxidation sites excluding steroid dienone is 4. The highest BCUT2D eigenvalue weighted by Crippen LogP contribution is 2.19. The van der Waals surface area contributed by atoms with Crippen molar-refractivity contribution in [1.82, 2.24) is 0 Å². The van der Waals surface area contributed by atoms with Gasteiger partial charge in [-0.2, -0.15) is 0 Å². The fraction of sp³-hybridized carbons (Fsp3) is 0.667. The summed E-state index contributed by atoms with van der Waals surface area (Å²) in [5, 5.41) is 0. The van der Waals surface area contributed by atoms with E-state index in [4.69, 9.17) is 0 Å². The Hall–Kier alpha value is -0.520. The minimum atomic E-state index is 0.662. The summed E-state index contributed by atoms with van der Waals surface area (Å²) < 4.78 is 0. The van der Waals surface area contributed by atoms with Crippen molar-refractivity contribution in [2.75, 3.05) is 0 Å². The molecule has 0 rings (SSSR count). The van der Waals surface area contributed by atoms with E-state index in [1.165, 1.54) is 17.6 Å². The van der Waals surface area contributed by atoms with Crippen LogP contribution in [0.3, 0.4) is 0 Å². The molecule has 0 aliphatic rings. The molecule has 0 heteroatoms. The highest BCUT2D eigenvalue weighted by atomic mass is 14.1.